The number of aryl methyl sites for hydroxylation is 2. The van der Waals surface area contributed by atoms with Crippen molar-refractivity contribution in [1.82, 2.24) is 0 Å². The zero-order valence-electron chi connectivity index (χ0n) is 13.8. The lowest BCUT2D eigenvalue weighted by molar-refractivity contribution is -0.352. The molecule has 0 amide bonds. The first kappa shape index (κ1) is 16.3. The molecular weight excluding hydrogens is 316 g/mol. The molecule has 0 heterocycles. The van der Waals surface area contributed by atoms with E-state index in [9.17, 15) is 0 Å². The van der Waals surface area contributed by atoms with Crippen molar-refractivity contribution in [2.45, 2.75) is 13.8 Å². The standard InChI is InChI=1S/C21H19ClN2/c1-15-3-11-19(12-4-15)23-21(17-7-9-18(22)10-8-17)24-20-13-5-16(2)6-14-20/h3-14H,1-2H3,(H,23,24)/p+1. The average Bonchev–Trinajstić information content (AvgIpc) is 2.59. The lowest BCUT2D eigenvalue weighted by Crippen LogP contribution is -2.68. The number of rotatable bonds is 3. The maximum atomic E-state index is 6.02. The molecule has 0 atom stereocenters. The first-order valence-corrected chi connectivity index (χ1v) is 8.28. The minimum absolute atomic E-state index is 0.726. The molecule has 0 spiro atoms. The molecule has 2 N–H and O–H groups in total. The highest BCUT2D eigenvalue weighted by atomic mass is 35.5. The average molecular weight is 336 g/mol. The molecule has 0 aromatic heterocycles. The molecule has 24 heavy (non-hydrogen) atoms. The predicted octanol–water partition coefficient (Wildman–Crippen LogP) is 4.23. The van der Waals surface area contributed by atoms with Crippen molar-refractivity contribution in [1.29, 1.82) is 0 Å². The number of anilines is 1. The van der Waals surface area contributed by atoms with Crippen LogP contribution in [0.25, 0.3) is 0 Å². The maximum absolute atomic E-state index is 6.02. The molecule has 0 aliphatic carbocycles. The van der Waals surface area contributed by atoms with Crippen LogP contribution in [0.5, 0.6) is 0 Å². The largest absolute Gasteiger partial charge is 0.285 e. The van der Waals surface area contributed by atoms with E-state index in [1.165, 1.54) is 11.1 Å². The Hall–Kier alpha value is -2.58. The minimum Gasteiger partial charge on any atom is -0.240 e. The smallest absolute Gasteiger partial charge is 0.240 e. The number of halogens is 1. The summed E-state index contributed by atoms with van der Waals surface area (Å²) in [6.45, 7) is 4.16. The Balaban J connectivity index is 1.97. The molecule has 0 aliphatic heterocycles. The second kappa shape index (κ2) is 7.33. The monoisotopic (exact) mass is 335 g/mol. The number of benzene rings is 3. The summed E-state index contributed by atoms with van der Waals surface area (Å²) in [5, 5.41) is 4.19. The Bertz CT molecular complexity index is 833. The van der Waals surface area contributed by atoms with Gasteiger partial charge in [0.1, 0.15) is 11.4 Å². The van der Waals surface area contributed by atoms with E-state index in [1.807, 2.05) is 24.3 Å². The zero-order chi connectivity index (χ0) is 16.9. The van der Waals surface area contributed by atoms with Gasteiger partial charge in [-0.1, -0.05) is 47.0 Å². The van der Waals surface area contributed by atoms with Gasteiger partial charge < -0.3 is 0 Å². The highest BCUT2D eigenvalue weighted by molar-refractivity contribution is 6.30. The number of nitrogens with one attached hydrogen (secondary N) is 2. The molecule has 0 saturated carbocycles. The van der Waals surface area contributed by atoms with Crippen LogP contribution in [-0.2, 0) is 0 Å². The lowest BCUT2D eigenvalue weighted by atomic mass is 10.1. The van der Waals surface area contributed by atoms with Crippen LogP contribution >= 0.6 is 11.6 Å². The molecule has 3 aromatic rings. The highest BCUT2D eigenvalue weighted by Gasteiger charge is 2.12. The van der Waals surface area contributed by atoms with Gasteiger partial charge in [0.2, 0.25) is 0 Å². The van der Waals surface area contributed by atoms with E-state index in [0.717, 1.165) is 27.8 Å². The van der Waals surface area contributed by atoms with Crippen molar-refractivity contribution in [3.8, 4) is 0 Å². The summed E-state index contributed by atoms with van der Waals surface area (Å²) in [6.07, 6.45) is 0. The Labute approximate surface area is 147 Å². The number of hydrogen-bond donors (Lipinski definition) is 2. The number of amidine groups is 1. The Kier molecular flexibility index (Phi) is 4.97. The van der Waals surface area contributed by atoms with Gasteiger partial charge in [0.25, 0.3) is 5.84 Å². The van der Waals surface area contributed by atoms with Crippen LogP contribution in [0, 0.1) is 13.8 Å². The highest BCUT2D eigenvalue weighted by Crippen LogP contribution is 2.13. The molecule has 2 nitrogen and oxygen atoms in total. The molecular formula is C21H20ClN2+. The summed E-state index contributed by atoms with van der Waals surface area (Å²) in [5.41, 5.74) is 5.58. The summed E-state index contributed by atoms with van der Waals surface area (Å²) < 4.78 is 0. The van der Waals surface area contributed by atoms with Gasteiger partial charge in [0, 0.05) is 5.02 Å². The molecule has 0 unspecified atom stereocenters. The van der Waals surface area contributed by atoms with Gasteiger partial charge in [-0.05, 0) is 62.4 Å². The Morgan fingerprint density at radius 3 is 1.88 bits per heavy atom. The van der Waals surface area contributed by atoms with Crippen LogP contribution in [0.15, 0.2) is 72.8 Å². The molecule has 0 aliphatic rings. The van der Waals surface area contributed by atoms with Crippen LogP contribution in [0.1, 0.15) is 16.7 Å². The van der Waals surface area contributed by atoms with E-state index in [1.54, 1.807) is 0 Å². The van der Waals surface area contributed by atoms with Crippen molar-refractivity contribution in [2.24, 2.45) is 0 Å². The first-order chi connectivity index (χ1) is 11.6. The lowest BCUT2D eigenvalue weighted by Gasteiger charge is -2.05. The molecule has 120 valence electrons. The summed E-state index contributed by atoms with van der Waals surface area (Å²) in [5.74, 6) is 0.916. The fourth-order valence-corrected chi connectivity index (χ4v) is 2.48. The van der Waals surface area contributed by atoms with Crippen LogP contribution < -0.4 is 10.3 Å². The van der Waals surface area contributed by atoms with Crippen LogP contribution in [-0.4, -0.2) is 5.84 Å². The quantitative estimate of drug-likeness (QED) is 0.543. The van der Waals surface area contributed by atoms with Crippen molar-refractivity contribution in [2.75, 3.05) is 5.32 Å². The van der Waals surface area contributed by atoms with Gasteiger partial charge in [-0.25, -0.2) is 10.3 Å². The van der Waals surface area contributed by atoms with Crippen molar-refractivity contribution >= 4 is 28.8 Å². The van der Waals surface area contributed by atoms with Gasteiger partial charge in [0.05, 0.1) is 5.56 Å². The van der Waals surface area contributed by atoms with Crippen LogP contribution in [0.2, 0.25) is 5.02 Å². The van der Waals surface area contributed by atoms with Gasteiger partial charge in [-0.2, -0.15) is 0 Å². The molecule has 0 bridgehead atoms. The minimum atomic E-state index is 0.726. The van der Waals surface area contributed by atoms with Crippen molar-refractivity contribution in [3.63, 3.8) is 0 Å². The molecule has 0 radical (unpaired) electrons. The van der Waals surface area contributed by atoms with Crippen LogP contribution in [0.3, 0.4) is 0 Å². The van der Waals surface area contributed by atoms with Gasteiger partial charge in [-0.15, -0.1) is 0 Å². The van der Waals surface area contributed by atoms with E-state index in [4.69, 9.17) is 11.6 Å². The first-order valence-electron chi connectivity index (χ1n) is 7.90. The third kappa shape index (κ3) is 4.24. The third-order valence-electron chi connectivity index (χ3n) is 3.77. The normalized spacial score (nSPS) is 11.4. The van der Waals surface area contributed by atoms with Crippen LogP contribution in [0.4, 0.5) is 11.4 Å². The van der Waals surface area contributed by atoms with E-state index in [2.05, 4.69) is 72.7 Å². The van der Waals surface area contributed by atoms with E-state index in [0.29, 0.717) is 0 Å². The second-order valence-electron chi connectivity index (χ2n) is 5.86. The summed E-state index contributed by atoms with van der Waals surface area (Å²) in [7, 11) is 0. The SMILES string of the molecule is Cc1ccc(NC(=[NH+]c2ccc(C)cc2)c2ccc(Cl)cc2)cc1. The fourth-order valence-electron chi connectivity index (χ4n) is 2.35. The summed E-state index contributed by atoms with van der Waals surface area (Å²) in [4.78, 5) is 3.47. The van der Waals surface area contributed by atoms with Crippen molar-refractivity contribution < 1.29 is 4.99 Å². The molecule has 3 heteroatoms. The predicted molar refractivity (Wildman–Crippen MR) is 102 cm³/mol. The van der Waals surface area contributed by atoms with E-state index in [-0.39, 0.29) is 0 Å². The number of hydrogen-bond acceptors (Lipinski definition) is 0. The summed E-state index contributed by atoms with van der Waals surface area (Å²) >= 11 is 6.02. The Morgan fingerprint density at radius 2 is 1.29 bits per heavy atom. The fraction of sp³-hybridized carbons (Fsp3) is 0.0952. The molecule has 0 saturated heterocycles. The van der Waals surface area contributed by atoms with Crippen molar-refractivity contribution in [3.05, 3.63) is 94.5 Å². The maximum Gasteiger partial charge on any atom is 0.285 e. The molecule has 3 aromatic carbocycles. The van der Waals surface area contributed by atoms with Gasteiger partial charge >= 0.3 is 0 Å². The summed E-state index contributed by atoms with van der Waals surface area (Å²) in [6, 6.07) is 24.4. The zero-order valence-corrected chi connectivity index (χ0v) is 14.6. The Morgan fingerprint density at radius 1 is 0.750 bits per heavy atom. The molecule has 0 fully saturated rings. The van der Waals surface area contributed by atoms with E-state index >= 15 is 0 Å². The molecule has 3 rings (SSSR count). The van der Waals surface area contributed by atoms with E-state index < -0.39 is 0 Å². The van der Waals surface area contributed by atoms with Gasteiger partial charge in [0.15, 0.2) is 0 Å². The second-order valence-corrected chi connectivity index (χ2v) is 6.30. The topological polar surface area (TPSA) is 26.0 Å². The van der Waals surface area contributed by atoms with Gasteiger partial charge in [-0.3, -0.25) is 0 Å². The third-order valence-corrected chi connectivity index (χ3v) is 4.03.